The average molecular weight is 394 g/mol. The van der Waals surface area contributed by atoms with E-state index in [0.29, 0.717) is 37.3 Å². The molecule has 8 heteroatoms. The number of hydrogen-bond acceptors (Lipinski definition) is 6. The summed E-state index contributed by atoms with van der Waals surface area (Å²) in [5, 5.41) is 6.96. The van der Waals surface area contributed by atoms with E-state index in [2.05, 4.69) is 15.4 Å². The first kappa shape index (κ1) is 18.8. The number of fused-ring (bicyclic) bond motifs is 1. The fourth-order valence-electron chi connectivity index (χ4n) is 3.21. The lowest BCUT2D eigenvalue weighted by molar-refractivity contribution is -0.117. The van der Waals surface area contributed by atoms with Gasteiger partial charge in [-0.15, -0.1) is 0 Å². The Morgan fingerprint density at radius 3 is 2.72 bits per heavy atom. The molecule has 0 saturated carbocycles. The van der Waals surface area contributed by atoms with Crippen LogP contribution in [0, 0.1) is 0 Å². The van der Waals surface area contributed by atoms with Gasteiger partial charge in [0.05, 0.1) is 19.1 Å². The van der Waals surface area contributed by atoms with Crippen molar-refractivity contribution in [3.63, 3.8) is 0 Å². The van der Waals surface area contributed by atoms with Crippen LogP contribution in [0.15, 0.2) is 54.9 Å². The van der Waals surface area contributed by atoms with Crippen molar-refractivity contribution in [2.45, 2.75) is 19.4 Å². The molecule has 1 aromatic heterocycles. The molecule has 4 rings (SSSR count). The summed E-state index contributed by atoms with van der Waals surface area (Å²) >= 11 is 0. The van der Waals surface area contributed by atoms with Crippen LogP contribution in [0.5, 0.6) is 17.2 Å². The first-order chi connectivity index (χ1) is 14.2. The van der Waals surface area contributed by atoms with Crippen LogP contribution in [0.1, 0.15) is 24.9 Å². The SMILES string of the molecule is CCOc1cc([C@@H]2CC(=O)Nc3ncnn32)ccc1OCCOc1ccccc1. The topological polar surface area (TPSA) is 87.5 Å². The molecule has 1 aliphatic heterocycles. The van der Waals surface area contributed by atoms with Crippen LogP contribution in [-0.4, -0.2) is 40.5 Å². The van der Waals surface area contributed by atoms with Gasteiger partial charge in [-0.3, -0.25) is 10.1 Å². The number of para-hydroxylation sites is 1. The third-order valence-corrected chi connectivity index (χ3v) is 4.50. The minimum Gasteiger partial charge on any atom is -0.490 e. The summed E-state index contributed by atoms with van der Waals surface area (Å²) in [6, 6.07) is 15.0. The summed E-state index contributed by atoms with van der Waals surface area (Å²) in [6.45, 7) is 3.22. The summed E-state index contributed by atoms with van der Waals surface area (Å²) < 4.78 is 19.0. The number of ether oxygens (including phenoxy) is 3. The zero-order valence-electron chi connectivity index (χ0n) is 16.1. The standard InChI is InChI=1S/C21H22N4O4/c1-2-27-19-12-15(17-13-20(26)24-21-22-14-23-25(17)21)8-9-18(19)29-11-10-28-16-6-4-3-5-7-16/h3-9,12,14,17H,2,10-11,13H2,1H3,(H,22,23,24,26)/t17-/m0/s1. The second-order valence-corrected chi connectivity index (χ2v) is 6.45. The average Bonchev–Trinajstić information content (AvgIpc) is 3.21. The molecule has 0 spiro atoms. The molecule has 0 aliphatic carbocycles. The third-order valence-electron chi connectivity index (χ3n) is 4.50. The van der Waals surface area contributed by atoms with Crippen molar-refractivity contribution in [3.8, 4) is 17.2 Å². The second kappa shape index (κ2) is 8.64. The predicted octanol–water partition coefficient (Wildman–Crippen LogP) is 3.07. The van der Waals surface area contributed by atoms with Gasteiger partial charge in [0.1, 0.15) is 25.3 Å². The van der Waals surface area contributed by atoms with E-state index in [4.69, 9.17) is 14.2 Å². The van der Waals surface area contributed by atoms with Crippen molar-refractivity contribution in [2.24, 2.45) is 0 Å². The lowest BCUT2D eigenvalue weighted by atomic mass is 10.0. The Hall–Kier alpha value is -3.55. The maximum absolute atomic E-state index is 12.0. The highest BCUT2D eigenvalue weighted by atomic mass is 16.5. The van der Waals surface area contributed by atoms with Gasteiger partial charge in [-0.2, -0.15) is 10.1 Å². The van der Waals surface area contributed by atoms with Crippen molar-refractivity contribution in [1.82, 2.24) is 14.8 Å². The number of nitrogens with zero attached hydrogens (tertiary/aromatic N) is 3. The third kappa shape index (κ3) is 4.31. The lowest BCUT2D eigenvalue weighted by Gasteiger charge is -2.24. The van der Waals surface area contributed by atoms with Crippen LogP contribution in [0.4, 0.5) is 5.95 Å². The molecule has 0 bridgehead atoms. The van der Waals surface area contributed by atoms with Crippen molar-refractivity contribution >= 4 is 11.9 Å². The number of hydrogen-bond donors (Lipinski definition) is 1. The number of carbonyl (C=O) groups is 1. The molecule has 1 aliphatic rings. The minimum atomic E-state index is -0.240. The minimum absolute atomic E-state index is 0.0909. The molecular weight excluding hydrogens is 372 g/mol. The molecule has 1 N–H and O–H groups in total. The summed E-state index contributed by atoms with van der Waals surface area (Å²) in [6.07, 6.45) is 1.72. The number of carbonyl (C=O) groups excluding carboxylic acids is 1. The molecular formula is C21H22N4O4. The van der Waals surface area contributed by atoms with E-state index in [1.165, 1.54) is 6.33 Å². The zero-order valence-corrected chi connectivity index (χ0v) is 16.1. The van der Waals surface area contributed by atoms with E-state index >= 15 is 0 Å². The van der Waals surface area contributed by atoms with Gasteiger partial charge in [0, 0.05) is 0 Å². The van der Waals surface area contributed by atoms with Crippen LogP contribution in [0.25, 0.3) is 0 Å². The maximum atomic E-state index is 12.0. The Bertz CT molecular complexity index is 974. The quantitative estimate of drug-likeness (QED) is 0.591. The predicted molar refractivity (Wildman–Crippen MR) is 106 cm³/mol. The molecule has 2 aromatic carbocycles. The number of anilines is 1. The highest BCUT2D eigenvalue weighted by molar-refractivity contribution is 5.91. The van der Waals surface area contributed by atoms with Crippen LogP contribution < -0.4 is 19.5 Å². The molecule has 1 amide bonds. The number of amides is 1. The van der Waals surface area contributed by atoms with Gasteiger partial charge >= 0.3 is 0 Å². The Kier molecular flexibility index (Phi) is 5.60. The molecule has 150 valence electrons. The molecule has 0 radical (unpaired) electrons. The summed E-state index contributed by atoms with van der Waals surface area (Å²) in [5.74, 6) is 2.41. The van der Waals surface area contributed by atoms with Gasteiger partial charge in [-0.05, 0) is 36.8 Å². The van der Waals surface area contributed by atoms with Crippen molar-refractivity contribution in [3.05, 3.63) is 60.4 Å². The van der Waals surface area contributed by atoms with Crippen LogP contribution >= 0.6 is 0 Å². The summed E-state index contributed by atoms with van der Waals surface area (Å²) in [4.78, 5) is 16.1. The number of rotatable bonds is 8. The zero-order chi connectivity index (χ0) is 20.1. The summed E-state index contributed by atoms with van der Waals surface area (Å²) in [7, 11) is 0. The molecule has 0 unspecified atom stereocenters. The number of nitrogens with one attached hydrogen (secondary N) is 1. The van der Waals surface area contributed by atoms with E-state index in [1.54, 1.807) is 4.68 Å². The van der Waals surface area contributed by atoms with Gasteiger partial charge in [-0.1, -0.05) is 24.3 Å². The molecule has 8 nitrogen and oxygen atoms in total. The van der Waals surface area contributed by atoms with Gasteiger partial charge in [0.25, 0.3) is 0 Å². The first-order valence-electron chi connectivity index (χ1n) is 9.51. The monoisotopic (exact) mass is 394 g/mol. The molecule has 1 atom stereocenters. The fraction of sp³-hybridized carbons (Fsp3) is 0.286. The Morgan fingerprint density at radius 1 is 1.07 bits per heavy atom. The van der Waals surface area contributed by atoms with Gasteiger partial charge in [0.15, 0.2) is 11.5 Å². The molecule has 3 aromatic rings. The van der Waals surface area contributed by atoms with Gasteiger partial charge in [-0.25, -0.2) is 4.68 Å². The first-order valence-corrected chi connectivity index (χ1v) is 9.51. The van der Waals surface area contributed by atoms with Gasteiger partial charge in [0.2, 0.25) is 11.9 Å². The Labute approximate surface area is 168 Å². The van der Waals surface area contributed by atoms with E-state index in [0.717, 1.165) is 11.3 Å². The fourth-order valence-corrected chi connectivity index (χ4v) is 3.21. The van der Waals surface area contributed by atoms with Crippen molar-refractivity contribution in [1.29, 1.82) is 0 Å². The van der Waals surface area contributed by atoms with Crippen LogP contribution in [-0.2, 0) is 4.79 Å². The molecule has 0 fully saturated rings. The highest BCUT2D eigenvalue weighted by Crippen LogP contribution is 2.35. The smallest absolute Gasteiger partial charge is 0.229 e. The number of benzene rings is 2. The Morgan fingerprint density at radius 2 is 1.90 bits per heavy atom. The molecule has 0 saturated heterocycles. The second-order valence-electron chi connectivity index (χ2n) is 6.45. The highest BCUT2D eigenvalue weighted by Gasteiger charge is 2.28. The van der Waals surface area contributed by atoms with Crippen molar-refractivity contribution < 1.29 is 19.0 Å². The lowest BCUT2D eigenvalue weighted by Crippen LogP contribution is -2.29. The van der Waals surface area contributed by atoms with E-state index in [-0.39, 0.29) is 18.4 Å². The number of aromatic nitrogens is 3. The maximum Gasteiger partial charge on any atom is 0.229 e. The van der Waals surface area contributed by atoms with E-state index < -0.39 is 0 Å². The van der Waals surface area contributed by atoms with Gasteiger partial charge < -0.3 is 14.2 Å². The van der Waals surface area contributed by atoms with E-state index in [9.17, 15) is 4.79 Å². The normalized spacial score (nSPS) is 15.3. The Balaban J connectivity index is 1.46. The molecule has 29 heavy (non-hydrogen) atoms. The summed E-state index contributed by atoms with van der Waals surface area (Å²) in [5.41, 5.74) is 0.905. The van der Waals surface area contributed by atoms with E-state index in [1.807, 2.05) is 55.5 Å². The molecule has 2 heterocycles. The van der Waals surface area contributed by atoms with Crippen LogP contribution in [0.2, 0.25) is 0 Å². The van der Waals surface area contributed by atoms with Crippen molar-refractivity contribution in [2.75, 3.05) is 25.1 Å². The largest absolute Gasteiger partial charge is 0.490 e. The van der Waals surface area contributed by atoms with Crippen LogP contribution in [0.3, 0.4) is 0 Å².